The highest BCUT2D eigenvalue weighted by atomic mass is 16.5. The zero-order valence-electron chi connectivity index (χ0n) is 54.8. The maximum atomic E-state index is 11.9. The number of aromatic nitrogens is 10. The first kappa shape index (κ1) is 66.5. The van der Waals surface area contributed by atoms with Crippen molar-refractivity contribution in [3.05, 3.63) is 186 Å². The number of carbonyl (C=O) groups is 1. The Labute approximate surface area is 541 Å². The van der Waals surface area contributed by atoms with Crippen molar-refractivity contribution in [2.75, 3.05) is 82.3 Å². The van der Waals surface area contributed by atoms with Crippen molar-refractivity contribution in [3.8, 4) is 23.0 Å². The van der Waals surface area contributed by atoms with Crippen LogP contribution in [-0.2, 0) is 24.4 Å². The number of benzene rings is 5. The van der Waals surface area contributed by atoms with E-state index in [1.165, 1.54) is 11.1 Å². The third-order valence-electron chi connectivity index (χ3n) is 16.1. The molecule has 0 atom stereocenters. The lowest BCUT2D eigenvalue weighted by atomic mass is 9.98. The van der Waals surface area contributed by atoms with E-state index in [-0.39, 0.29) is 5.97 Å². The van der Waals surface area contributed by atoms with Crippen LogP contribution in [0.4, 0.5) is 28.4 Å². The van der Waals surface area contributed by atoms with Crippen molar-refractivity contribution in [1.82, 2.24) is 53.5 Å². The number of aromatic amines is 5. The monoisotopic (exact) mass is 1260 g/mol. The average Bonchev–Trinajstić information content (AvgIpc) is 1.66. The Morgan fingerprint density at radius 1 is 0.505 bits per heavy atom. The topological polar surface area (TPSA) is 316 Å². The van der Waals surface area contributed by atoms with E-state index >= 15 is 0 Å². The highest BCUT2D eigenvalue weighted by Crippen LogP contribution is 2.37. The molecular weight excluding hydrogens is 1170 g/mol. The van der Waals surface area contributed by atoms with Gasteiger partial charge in [-0.1, -0.05) is 19.9 Å². The number of hydrogen-bond acceptors (Lipinski definition) is 14. The predicted octanol–water partition coefficient (Wildman–Crippen LogP) is 13.0. The Morgan fingerprint density at radius 2 is 0.925 bits per heavy atom. The molecule has 8 aromatic heterocycles. The Balaban J connectivity index is 0.000000137. The smallest absolute Gasteiger partial charge is 0.355 e. The minimum Gasteiger partial charge on any atom is -0.490 e. The minimum absolute atomic E-state index is 0.328. The number of aryl methyl sites for hydroxylation is 5. The Bertz CT molecular complexity index is 4400. The molecule has 0 aliphatic rings. The molecule has 13 aromatic rings. The van der Waals surface area contributed by atoms with E-state index < -0.39 is 0 Å². The molecule has 488 valence electrons. The van der Waals surface area contributed by atoms with Gasteiger partial charge in [-0.3, -0.25) is 0 Å². The number of rotatable bonds is 19. The first-order chi connectivity index (χ1) is 44.8. The van der Waals surface area contributed by atoms with Crippen LogP contribution in [0.1, 0.15) is 70.8 Å². The van der Waals surface area contributed by atoms with Gasteiger partial charge in [0.05, 0.1) is 66.5 Å². The minimum atomic E-state index is -0.328. The number of carbonyl (C=O) groups excluding carboxylic acids is 1. The van der Waals surface area contributed by atoms with Crippen LogP contribution in [0.25, 0.3) is 54.5 Å². The number of nitrogens with two attached hydrogens (primary N) is 5. The lowest BCUT2D eigenvalue weighted by Crippen LogP contribution is -2.19. The first-order valence-corrected chi connectivity index (χ1v) is 31.0. The van der Waals surface area contributed by atoms with Crippen LogP contribution >= 0.6 is 0 Å². The quantitative estimate of drug-likeness (QED) is 0.0266. The van der Waals surface area contributed by atoms with Gasteiger partial charge in [0.25, 0.3) is 0 Å². The van der Waals surface area contributed by atoms with Crippen molar-refractivity contribution in [1.29, 1.82) is 0 Å². The summed E-state index contributed by atoms with van der Waals surface area (Å²) in [6, 6.07) is 27.0. The van der Waals surface area contributed by atoms with Gasteiger partial charge in [-0.25, -0.2) is 14.8 Å². The van der Waals surface area contributed by atoms with Gasteiger partial charge in [-0.15, -0.1) is 0 Å². The van der Waals surface area contributed by atoms with Crippen molar-refractivity contribution >= 4 is 88.9 Å². The number of nitrogens with zero attached hydrogens (tertiary/aromatic N) is 6. The Kier molecular flexibility index (Phi) is 22.0. The summed E-state index contributed by atoms with van der Waals surface area (Å²) in [4.78, 5) is 38.2. The highest BCUT2D eigenvalue weighted by Gasteiger charge is 2.21. The predicted molar refractivity (Wildman–Crippen MR) is 377 cm³/mol. The van der Waals surface area contributed by atoms with Crippen molar-refractivity contribution in [2.24, 2.45) is 0 Å². The summed E-state index contributed by atoms with van der Waals surface area (Å²) in [6.07, 6.45) is 18.7. The number of ether oxygens (including phenoxy) is 5. The van der Waals surface area contributed by atoms with Gasteiger partial charge in [0.1, 0.15) is 55.1 Å². The van der Waals surface area contributed by atoms with Gasteiger partial charge in [-0.2, -0.15) is 0 Å². The largest absolute Gasteiger partial charge is 0.490 e. The van der Waals surface area contributed by atoms with Gasteiger partial charge in [0.15, 0.2) is 0 Å². The fourth-order valence-electron chi connectivity index (χ4n) is 10.9. The Morgan fingerprint density at radius 3 is 1.35 bits per heavy atom. The summed E-state index contributed by atoms with van der Waals surface area (Å²) >= 11 is 0. The van der Waals surface area contributed by atoms with E-state index in [0.29, 0.717) is 50.3 Å². The molecule has 0 aliphatic carbocycles. The number of likely N-dealkylation sites (N-methyl/N-ethyl adjacent to an activating group) is 1. The third-order valence-corrected chi connectivity index (χ3v) is 16.1. The zero-order chi connectivity index (χ0) is 66.3. The summed E-state index contributed by atoms with van der Waals surface area (Å²) in [5.41, 5.74) is 45.7. The van der Waals surface area contributed by atoms with Crippen LogP contribution in [0, 0.1) is 34.6 Å². The summed E-state index contributed by atoms with van der Waals surface area (Å²) in [5.74, 6) is 3.41. The van der Waals surface area contributed by atoms with Crippen molar-refractivity contribution in [2.45, 2.75) is 80.9 Å². The molecule has 22 nitrogen and oxygen atoms in total. The van der Waals surface area contributed by atoms with Crippen molar-refractivity contribution in [3.63, 3.8) is 0 Å². The van der Waals surface area contributed by atoms with Gasteiger partial charge in [0.2, 0.25) is 0 Å². The highest BCUT2D eigenvalue weighted by molar-refractivity contribution is 6.04. The molecule has 0 fully saturated rings. The second-order valence-electron chi connectivity index (χ2n) is 23.1. The number of fused-ring (bicyclic) bond motifs is 5. The van der Waals surface area contributed by atoms with Crippen LogP contribution in [0.2, 0.25) is 0 Å². The second-order valence-corrected chi connectivity index (χ2v) is 23.1. The Hall–Kier alpha value is -10.9. The normalized spacial score (nSPS) is 11.1. The molecule has 0 saturated heterocycles. The summed E-state index contributed by atoms with van der Waals surface area (Å²) in [5, 5.41) is 5.07. The number of imidazole rings is 2. The number of esters is 1. The van der Waals surface area contributed by atoms with E-state index in [0.717, 1.165) is 149 Å². The molecule has 0 radical (unpaired) electrons. The van der Waals surface area contributed by atoms with Crippen LogP contribution in [0.3, 0.4) is 0 Å². The molecule has 93 heavy (non-hydrogen) atoms. The van der Waals surface area contributed by atoms with Crippen LogP contribution in [0.5, 0.6) is 23.0 Å². The zero-order valence-corrected chi connectivity index (χ0v) is 54.8. The number of nitrogens with one attached hydrogen (secondary N) is 5. The molecule has 0 saturated carbocycles. The van der Waals surface area contributed by atoms with E-state index in [2.05, 4.69) is 79.0 Å². The van der Waals surface area contributed by atoms with Crippen LogP contribution < -0.4 is 47.6 Å². The molecule has 22 heteroatoms. The molecular formula is C71H88N16O6. The maximum absolute atomic E-state index is 11.9. The molecule has 5 aromatic carbocycles. The van der Waals surface area contributed by atoms with Gasteiger partial charge in [0, 0.05) is 123 Å². The van der Waals surface area contributed by atoms with Gasteiger partial charge in [-0.05, 0) is 163 Å². The van der Waals surface area contributed by atoms with E-state index in [1.54, 1.807) is 32.0 Å². The number of H-pyrrole nitrogens is 5. The van der Waals surface area contributed by atoms with Crippen LogP contribution in [-0.4, -0.2) is 113 Å². The summed E-state index contributed by atoms with van der Waals surface area (Å²) in [7, 11) is 4.05. The fourth-order valence-corrected chi connectivity index (χ4v) is 10.9. The molecule has 0 aliphatic heterocycles. The summed E-state index contributed by atoms with van der Waals surface area (Å²) in [6.45, 7) is 22.3. The molecule has 0 amide bonds. The number of anilines is 5. The second kappa shape index (κ2) is 30.8. The van der Waals surface area contributed by atoms with Gasteiger partial charge >= 0.3 is 5.97 Å². The van der Waals surface area contributed by atoms with Crippen LogP contribution in [0.15, 0.2) is 147 Å². The first-order valence-electron chi connectivity index (χ1n) is 31.0. The molecule has 0 spiro atoms. The molecule has 13 rings (SSSR count). The van der Waals surface area contributed by atoms with Gasteiger partial charge < -0.3 is 95.9 Å². The summed E-state index contributed by atoms with van der Waals surface area (Å²) < 4.78 is 34.4. The SMILES string of the molecule is CCOC(=O)c1[nH]c2c(C(C)C)ccc(N)c2c1C.CN(C)CCOc1ccc(N)c2cc[nH]c12.Cc1[nH]c2c(OCCn3cccc3)ccc(N)c2c1C.Cc1[nH]c2c(OCCn3ccnc3)ccc(N)c2c1C.Nc1ccc(OCCn2ccnc2)c2[nH]ccc12. The molecule has 0 unspecified atom stereocenters. The number of nitrogen functional groups attached to an aromatic ring is 5. The molecule has 0 bridgehead atoms. The van der Waals surface area contributed by atoms with E-state index in [4.69, 9.17) is 52.4 Å². The maximum Gasteiger partial charge on any atom is 0.355 e. The lowest BCUT2D eigenvalue weighted by Gasteiger charge is -2.12. The van der Waals surface area contributed by atoms with Crippen molar-refractivity contribution < 1.29 is 28.5 Å². The fraction of sp³-hybridized carbons (Fsp3) is 0.282. The standard InChI is InChI=1S/C16H19N3O.C15H18N4O.C15H20N2O2.C13H14N4O.C12H17N3O/c1-11-12(2)18-16-14(6-5-13(17)15(11)16)20-10-9-19-7-3-4-8-19;1-10-11(2)18-15-13(4-3-12(16)14(10)15)20-8-7-19-6-5-17-9-19;1-5-19-15(18)13-9(4)12-11(16)7-6-10(8(2)3)14(12)17-13;14-11-1-2-12(13-10(11)3-4-16-13)18-8-7-17-6-5-15-9-17;1-15(2)7-8-16-11-4-3-10(13)9-5-6-14-12(9)11/h3-8,18H,9-10,17H2,1-2H3;3-6,9,18H,7-8,16H2,1-2H3;6-8,17H,5,16H2,1-4H3;1-6,9,16H,7-8,14H2;3-6,14H,7-8,13H2,1-2H3. The molecule has 8 heterocycles. The van der Waals surface area contributed by atoms with E-state index in [9.17, 15) is 4.79 Å². The van der Waals surface area contributed by atoms with E-state index in [1.807, 2.05) is 159 Å². The molecule has 15 N–H and O–H groups in total. The lowest BCUT2D eigenvalue weighted by molar-refractivity contribution is 0.0519. The third kappa shape index (κ3) is 16.0. The number of hydrogen-bond donors (Lipinski definition) is 10. The average molecular weight is 1260 g/mol.